The number of rotatable bonds is 7. The van der Waals surface area contributed by atoms with Crippen LogP contribution in [0.25, 0.3) is 0 Å². The maximum atomic E-state index is 13.4. The number of hydrogen-bond donors (Lipinski definition) is 0. The van der Waals surface area contributed by atoms with Crippen molar-refractivity contribution in [2.75, 3.05) is 26.8 Å². The molecule has 0 N–H and O–H groups in total. The number of hydrogen-bond acceptors (Lipinski definition) is 3. The van der Waals surface area contributed by atoms with Crippen molar-refractivity contribution in [3.05, 3.63) is 41.1 Å². The maximum Gasteiger partial charge on any atom is 0.243 e. The Hall–Kier alpha value is -0.760. The molecule has 7 heteroatoms. The average molecular weight is 352 g/mol. The summed E-state index contributed by atoms with van der Waals surface area (Å²) >= 11 is 2.99. The van der Waals surface area contributed by atoms with Crippen molar-refractivity contribution < 1.29 is 17.5 Å². The second-order valence-corrected chi connectivity index (χ2v) is 6.51. The SMILES string of the molecule is C=CCN(CCOC)S(=O)(=O)c1ccc(Br)c(F)c1. The summed E-state index contributed by atoms with van der Waals surface area (Å²) in [7, 11) is -2.27. The van der Waals surface area contributed by atoms with Gasteiger partial charge in [0.2, 0.25) is 10.0 Å². The number of halogens is 2. The first kappa shape index (κ1) is 16.3. The van der Waals surface area contributed by atoms with Crippen LogP contribution < -0.4 is 0 Å². The molecule has 0 saturated heterocycles. The van der Waals surface area contributed by atoms with Gasteiger partial charge < -0.3 is 4.74 Å². The van der Waals surface area contributed by atoms with Crippen LogP contribution in [0.4, 0.5) is 4.39 Å². The molecule has 0 heterocycles. The predicted octanol–water partition coefficient (Wildman–Crippen LogP) is 2.41. The first-order valence-electron chi connectivity index (χ1n) is 5.48. The topological polar surface area (TPSA) is 46.6 Å². The van der Waals surface area contributed by atoms with Crippen LogP contribution in [0.2, 0.25) is 0 Å². The number of nitrogens with zero attached hydrogens (tertiary/aromatic N) is 1. The van der Waals surface area contributed by atoms with Gasteiger partial charge in [0.25, 0.3) is 0 Å². The summed E-state index contributed by atoms with van der Waals surface area (Å²) in [6, 6.07) is 3.71. The third-order valence-corrected chi connectivity index (χ3v) is 4.91. The van der Waals surface area contributed by atoms with Gasteiger partial charge in [0.15, 0.2) is 0 Å². The van der Waals surface area contributed by atoms with Crippen molar-refractivity contribution in [2.45, 2.75) is 4.90 Å². The molecule has 0 aliphatic carbocycles. The summed E-state index contributed by atoms with van der Waals surface area (Å²) in [5.74, 6) is -0.619. The normalized spacial score (nSPS) is 11.8. The highest BCUT2D eigenvalue weighted by molar-refractivity contribution is 9.10. The van der Waals surface area contributed by atoms with E-state index in [1.54, 1.807) is 0 Å². The highest BCUT2D eigenvalue weighted by Crippen LogP contribution is 2.22. The van der Waals surface area contributed by atoms with Crippen LogP contribution in [0, 0.1) is 5.82 Å². The fraction of sp³-hybridized carbons (Fsp3) is 0.333. The van der Waals surface area contributed by atoms with Gasteiger partial charge in [0.1, 0.15) is 5.82 Å². The molecule has 0 radical (unpaired) electrons. The van der Waals surface area contributed by atoms with E-state index in [4.69, 9.17) is 4.74 Å². The molecule has 0 spiro atoms. The lowest BCUT2D eigenvalue weighted by Gasteiger charge is -2.20. The zero-order chi connectivity index (χ0) is 14.5. The van der Waals surface area contributed by atoms with Crippen LogP contribution in [0.3, 0.4) is 0 Å². The van der Waals surface area contributed by atoms with Gasteiger partial charge in [-0.1, -0.05) is 6.08 Å². The van der Waals surface area contributed by atoms with E-state index in [0.717, 1.165) is 6.07 Å². The minimum Gasteiger partial charge on any atom is -0.383 e. The largest absolute Gasteiger partial charge is 0.383 e. The van der Waals surface area contributed by atoms with Gasteiger partial charge in [-0.05, 0) is 34.1 Å². The standard InChI is InChI=1S/C12H15BrFNO3S/c1-3-6-15(7-8-18-2)19(16,17)10-4-5-11(13)12(14)9-10/h3-5,9H,1,6-8H2,2H3. The van der Waals surface area contributed by atoms with E-state index in [1.165, 1.54) is 29.6 Å². The first-order chi connectivity index (χ1) is 8.93. The lowest BCUT2D eigenvalue weighted by Crippen LogP contribution is -2.34. The monoisotopic (exact) mass is 351 g/mol. The maximum absolute atomic E-state index is 13.4. The van der Waals surface area contributed by atoms with E-state index in [-0.39, 0.29) is 29.1 Å². The third kappa shape index (κ3) is 4.10. The Kier molecular flexibility index (Phi) is 6.12. The number of ether oxygens (including phenoxy) is 1. The van der Waals surface area contributed by atoms with Crippen LogP contribution in [0.5, 0.6) is 0 Å². The predicted molar refractivity (Wildman–Crippen MR) is 74.9 cm³/mol. The van der Waals surface area contributed by atoms with Gasteiger partial charge in [0.05, 0.1) is 16.0 Å². The van der Waals surface area contributed by atoms with E-state index < -0.39 is 15.8 Å². The van der Waals surface area contributed by atoms with Crippen molar-refractivity contribution in [1.82, 2.24) is 4.31 Å². The van der Waals surface area contributed by atoms with Crippen LogP contribution in [0.1, 0.15) is 0 Å². The molecule has 0 bridgehead atoms. The third-order valence-electron chi connectivity index (χ3n) is 2.41. The van der Waals surface area contributed by atoms with Crippen molar-refractivity contribution in [2.24, 2.45) is 0 Å². The lowest BCUT2D eigenvalue weighted by molar-refractivity contribution is 0.182. The first-order valence-corrected chi connectivity index (χ1v) is 7.71. The summed E-state index contributed by atoms with van der Waals surface area (Å²) in [5.41, 5.74) is 0. The van der Waals surface area contributed by atoms with Crippen molar-refractivity contribution in [1.29, 1.82) is 0 Å². The lowest BCUT2D eigenvalue weighted by atomic mass is 10.3. The molecule has 106 valence electrons. The number of sulfonamides is 1. The minimum absolute atomic E-state index is 0.0915. The van der Waals surface area contributed by atoms with Gasteiger partial charge in [-0.25, -0.2) is 12.8 Å². The molecule has 1 rings (SSSR count). The highest BCUT2D eigenvalue weighted by atomic mass is 79.9. The Morgan fingerprint density at radius 1 is 1.53 bits per heavy atom. The van der Waals surface area contributed by atoms with Crippen LogP contribution >= 0.6 is 15.9 Å². The summed E-state index contributed by atoms with van der Waals surface area (Å²) in [6.07, 6.45) is 1.47. The Morgan fingerprint density at radius 2 is 2.21 bits per heavy atom. The van der Waals surface area contributed by atoms with Gasteiger partial charge in [-0.15, -0.1) is 6.58 Å². The zero-order valence-corrected chi connectivity index (χ0v) is 12.9. The fourth-order valence-corrected chi connectivity index (χ4v) is 3.09. The van der Waals surface area contributed by atoms with Crippen LogP contribution in [-0.4, -0.2) is 39.5 Å². The molecule has 0 amide bonds. The summed E-state index contributed by atoms with van der Waals surface area (Å²) in [6.45, 7) is 4.10. The molecule has 1 aromatic carbocycles. The molecular weight excluding hydrogens is 337 g/mol. The summed E-state index contributed by atoms with van der Waals surface area (Å²) < 4.78 is 44.4. The van der Waals surface area contributed by atoms with Gasteiger partial charge in [0, 0.05) is 20.2 Å². The molecule has 4 nitrogen and oxygen atoms in total. The second kappa shape index (κ2) is 7.14. The summed E-state index contributed by atoms with van der Waals surface area (Å²) in [4.78, 5) is -0.0915. The van der Waals surface area contributed by atoms with Crippen molar-refractivity contribution >= 4 is 26.0 Å². The second-order valence-electron chi connectivity index (χ2n) is 3.72. The van der Waals surface area contributed by atoms with E-state index in [9.17, 15) is 12.8 Å². The smallest absolute Gasteiger partial charge is 0.243 e. The van der Waals surface area contributed by atoms with Gasteiger partial charge in [-0.3, -0.25) is 0 Å². The Morgan fingerprint density at radius 3 is 2.74 bits per heavy atom. The van der Waals surface area contributed by atoms with Crippen LogP contribution in [-0.2, 0) is 14.8 Å². The zero-order valence-electron chi connectivity index (χ0n) is 10.5. The van der Waals surface area contributed by atoms with Gasteiger partial charge in [-0.2, -0.15) is 4.31 Å². The Labute approximate surface area is 121 Å². The summed E-state index contributed by atoms with van der Waals surface area (Å²) in [5, 5.41) is 0. The Balaban J connectivity index is 3.10. The quantitative estimate of drug-likeness (QED) is 0.708. The van der Waals surface area contributed by atoms with E-state index in [1.807, 2.05) is 0 Å². The molecule has 0 aliphatic heterocycles. The molecule has 0 saturated carbocycles. The van der Waals surface area contributed by atoms with E-state index in [2.05, 4.69) is 22.5 Å². The van der Waals surface area contributed by atoms with E-state index >= 15 is 0 Å². The molecule has 0 fully saturated rings. The van der Waals surface area contributed by atoms with Gasteiger partial charge >= 0.3 is 0 Å². The van der Waals surface area contributed by atoms with E-state index in [0.29, 0.717) is 0 Å². The molecular formula is C12H15BrFNO3S. The van der Waals surface area contributed by atoms with Crippen LogP contribution in [0.15, 0.2) is 40.2 Å². The van der Waals surface area contributed by atoms with Crippen molar-refractivity contribution in [3.63, 3.8) is 0 Å². The molecule has 0 unspecified atom stereocenters. The molecule has 0 atom stereocenters. The number of methoxy groups -OCH3 is 1. The average Bonchev–Trinajstić information content (AvgIpc) is 2.37. The van der Waals surface area contributed by atoms with Crippen molar-refractivity contribution in [3.8, 4) is 0 Å². The molecule has 0 aliphatic rings. The minimum atomic E-state index is -3.75. The molecule has 0 aromatic heterocycles. The highest BCUT2D eigenvalue weighted by Gasteiger charge is 2.24. The molecule has 19 heavy (non-hydrogen) atoms. The number of benzene rings is 1. The fourth-order valence-electron chi connectivity index (χ4n) is 1.43. The Bertz CT molecular complexity index is 548. The molecule has 1 aromatic rings.